The molecule has 234 valence electrons. The Kier molecular flexibility index (Phi) is 8.95. The standard InChI is InChI=1S/C35H44N4O5/c1-19(2)26-17-22(16-21(5)30(26)20(3)4)18-38(6)33(42)23-10-12-24(13-11-23)36-27-9-7-8-25-31(27)35(44)39(34(25)43)28-14-15-29(40)37-32(28)41/h7-9,16-17,19-20,23-24,28,36H,10-15,18H2,1-6H3,(H,37,40,41). The third-order valence-electron chi connectivity index (χ3n) is 9.38. The minimum absolute atomic E-state index is 0.0447. The van der Waals surface area contributed by atoms with E-state index in [1.165, 1.54) is 16.7 Å². The number of amides is 5. The summed E-state index contributed by atoms with van der Waals surface area (Å²) >= 11 is 0. The summed E-state index contributed by atoms with van der Waals surface area (Å²) in [4.78, 5) is 67.0. The summed E-state index contributed by atoms with van der Waals surface area (Å²) in [6.07, 6.45) is 3.17. The third kappa shape index (κ3) is 6.01. The number of hydrogen-bond acceptors (Lipinski definition) is 6. The molecule has 1 atom stereocenters. The molecule has 2 aromatic rings. The fourth-order valence-corrected chi connectivity index (χ4v) is 7.26. The summed E-state index contributed by atoms with van der Waals surface area (Å²) < 4.78 is 0. The molecule has 44 heavy (non-hydrogen) atoms. The van der Waals surface area contributed by atoms with Gasteiger partial charge in [0.25, 0.3) is 11.8 Å². The molecule has 5 rings (SSSR count). The van der Waals surface area contributed by atoms with Crippen LogP contribution in [0.15, 0.2) is 30.3 Å². The summed E-state index contributed by atoms with van der Waals surface area (Å²) in [7, 11) is 1.89. The molecular weight excluding hydrogens is 556 g/mol. The highest BCUT2D eigenvalue weighted by atomic mass is 16.2. The molecule has 1 unspecified atom stereocenters. The smallest absolute Gasteiger partial charge is 0.264 e. The van der Waals surface area contributed by atoms with Gasteiger partial charge >= 0.3 is 0 Å². The Morgan fingerprint density at radius 2 is 1.68 bits per heavy atom. The van der Waals surface area contributed by atoms with Crippen LogP contribution in [0, 0.1) is 12.8 Å². The molecule has 1 saturated heterocycles. The topological polar surface area (TPSA) is 116 Å². The number of hydrogen-bond donors (Lipinski definition) is 2. The monoisotopic (exact) mass is 600 g/mol. The van der Waals surface area contributed by atoms with Crippen molar-refractivity contribution in [3.05, 3.63) is 63.7 Å². The third-order valence-corrected chi connectivity index (χ3v) is 9.38. The highest BCUT2D eigenvalue weighted by molar-refractivity contribution is 6.25. The largest absolute Gasteiger partial charge is 0.382 e. The van der Waals surface area contributed by atoms with E-state index >= 15 is 0 Å². The number of nitrogens with zero attached hydrogens (tertiary/aromatic N) is 2. The fraction of sp³-hybridized carbons (Fsp3) is 0.514. The summed E-state index contributed by atoms with van der Waals surface area (Å²) in [6, 6.07) is 8.63. The Hall–Kier alpha value is -4.01. The van der Waals surface area contributed by atoms with E-state index in [9.17, 15) is 24.0 Å². The zero-order valence-corrected chi connectivity index (χ0v) is 26.7. The van der Waals surface area contributed by atoms with Crippen molar-refractivity contribution in [1.82, 2.24) is 15.1 Å². The van der Waals surface area contributed by atoms with Crippen molar-refractivity contribution in [2.75, 3.05) is 12.4 Å². The normalized spacial score (nSPS) is 22.0. The van der Waals surface area contributed by atoms with Crippen LogP contribution in [0.2, 0.25) is 0 Å². The number of imide groups is 2. The van der Waals surface area contributed by atoms with Crippen LogP contribution in [-0.2, 0) is 20.9 Å². The molecule has 2 fully saturated rings. The van der Waals surface area contributed by atoms with E-state index in [2.05, 4.69) is 57.4 Å². The molecule has 2 N–H and O–H groups in total. The molecule has 0 aromatic heterocycles. The van der Waals surface area contributed by atoms with Crippen LogP contribution in [0.3, 0.4) is 0 Å². The first-order chi connectivity index (χ1) is 20.9. The van der Waals surface area contributed by atoms with Gasteiger partial charge in [-0.25, -0.2) is 0 Å². The maximum absolute atomic E-state index is 13.5. The van der Waals surface area contributed by atoms with E-state index < -0.39 is 29.7 Å². The molecular formula is C35H44N4O5. The minimum Gasteiger partial charge on any atom is -0.382 e. The molecule has 1 saturated carbocycles. The number of aryl methyl sites for hydroxylation is 1. The number of rotatable bonds is 8. The molecule has 3 aliphatic rings. The zero-order chi connectivity index (χ0) is 31.9. The predicted molar refractivity (Wildman–Crippen MR) is 168 cm³/mol. The number of carbonyl (C=O) groups excluding carboxylic acids is 5. The van der Waals surface area contributed by atoms with Gasteiger partial charge in [0.1, 0.15) is 6.04 Å². The molecule has 2 heterocycles. The Morgan fingerprint density at radius 1 is 0.977 bits per heavy atom. The Bertz CT molecular complexity index is 1500. The quantitative estimate of drug-likeness (QED) is 0.399. The average molecular weight is 601 g/mol. The number of carbonyl (C=O) groups is 5. The van der Waals surface area contributed by atoms with Gasteiger partial charge in [-0.1, -0.05) is 45.9 Å². The van der Waals surface area contributed by atoms with Gasteiger partial charge in [0.05, 0.1) is 11.1 Å². The first-order valence-corrected chi connectivity index (χ1v) is 15.9. The highest BCUT2D eigenvalue weighted by Crippen LogP contribution is 2.35. The molecule has 2 aliphatic heterocycles. The number of piperidine rings is 1. The van der Waals surface area contributed by atoms with E-state index in [4.69, 9.17) is 0 Å². The zero-order valence-electron chi connectivity index (χ0n) is 26.7. The molecule has 0 spiro atoms. The lowest BCUT2D eigenvalue weighted by atomic mass is 9.84. The average Bonchev–Trinajstić information content (AvgIpc) is 3.22. The molecule has 2 aromatic carbocycles. The van der Waals surface area contributed by atoms with Gasteiger partial charge < -0.3 is 10.2 Å². The van der Waals surface area contributed by atoms with Gasteiger partial charge in [0.15, 0.2) is 0 Å². The maximum atomic E-state index is 13.5. The fourth-order valence-electron chi connectivity index (χ4n) is 7.26. The van der Waals surface area contributed by atoms with Gasteiger partial charge in [-0.3, -0.25) is 34.2 Å². The highest BCUT2D eigenvalue weighted by Gasteiger charge is 2.45. The van der Waals surface area contributed by atoms with Gasteiger partial charge in [0.2, 0.25) is 17.7 Å². The summed E-state index contributed by atoms with van der Waals surface area (Å²) in [5.74, 6) is -1.12. The second kappa shape index (κ2) is 12.5. The Balaban J connectivity index is 1.21. The lowest BCUT2D eigenvalue weighted by Crippen LogP contribution is -2.54. The van der Waals surface area contributed by atoms with E-state index in [0.29, 0.717) is 24.1 Å². The van der Waals surface area contributed by atoms with Crippen LogP contribution in [0.25, 0.3) is 0 Å². The minimum atomic E-state index is -1.000. The summed E-state index contributed by atoms with van der Waals surface area (Å²) in [6.45, 7) is 11.6. The Morgan fingerprint density at radius 3 is 2.32 bits per heavy atom. The van der Waals surface area contributed by atoms with Crippen molar-refractivity contribution in [2.24, 2.45) is 5.92 Å². The van der Waals surface area contributed by atoms with Gasteiger partial charge in [-0.2, -0.15) is 0 Å². The van der Waals surface area contributed by atoms with Crippen molar-refractivity contribution in [3.63, 3.8) is 0 Å². The van der Waals surface area contributed by atoms with Crippen molar-refractivity contribution >= 4 is 35.2 Å². The Labute approximate surface area is 259 Å². The van der Waals surface area contributed by atoms with Crippen LogP contribution in [0.4, 0.5) is 5.69 Å². The van der Waals surface area contributed by atoms with Crippen molar-refractivity contribution in [1.29, 1.82) is 0 Å². The number of anilines is 1. The van der Waals surface area contributed by atoms with Crippen LogP contribution < -0.4 is 10.6 Å². The number of benzene rings is 2. The second-order valence-electron chi connectivity index (χ2n) is 13.3. The van der Waals surface area contributed by atoms with Crippen LogP contribution in [0.5, 0.6) is 0 Å². The van der Waals surface area contributed by atoms with Gasteiger partial charge in [-0.05, 0) is 85.3 Å². The molecule has 9 nitrogen and oxygen atoms in total. The van der Waals surface area contributed by atoms with Crippen LogP contribution >= 0.6 is 0 Å². The summed E-state index contributed by atoms with van der Waals surface area (Å²) in [5.41, 5.74) is 6.28. The maximum Gasteiger partial charge on any atom is 0.264 e. The van der Waals surface area contributed by atoms with Crippen molar-refractivity contribution in [2.45, 2.75) is 104 Å². The lowest BCUT2D eigenvalue weighted by Gasteiger charge is -2.32. The first-order valence-electron chi connectivity index (χ1n) is 15.9. The molecule has 9 heteroatoms. The van der Waals surface area contributed by atoms with Crippen molar-refractivity contribution in [3.8, 4) is 0 Å². The molecule has 0 radical (unpaired) electrons. The van der Waals surface area contributed by atoms with Gasteiger partial charge in [0, 0.05) is 37.7 Å². The van der Waals surface area contributed by atoms with E-state index in [1.54, 1.807) is 18.2 Å². The van der Waals surface area contributed by atoms with Crippen molar-refractivity contribution < 1.29 is 24.0 Å². The van der Waals surface area contributed by atoms with E-state index in [1.807, 2.05) is 11.9 Å². The second-order valence-corrected chi connectivity index (χ2v) is 13.3. The van der Waals surface area contributed by atoms with E-state index in [-0.39, 0.29) is 41.8 Å². The lowest BCUT2D eigenvalue weighted by molar-refractivity contribution is -0.137. The van der Waals surface area contributed by atoms with E-state index in [0.717, 1.165) is 36.1 Å². The number of fused-ring (bicyclic) bond motifs is 1. The van der Waals surface area contributed by atoms with Crippen LogP contribution in [-0.4, -0.2) is 58.5 Å². The van der Waals surface area contributed by atoms with Gasteiger partial charge in [-0.15, -0.1) is 0 Å². The molecule has 5 amide bonds. The number of nitrogens with one attached hydrogen (secondary N) is 2. The molecule has 1 aliphatic carbocycles. The first kappa shape index (κ1) is 31.4. The SMILES string of the molecule is Cc1cc(CN(C)C(=O)C2CCC(Nc3cccc4c3C(=O)N(C3CCC(=O)NC3=O)C4=O)CC2)cc(C(C)C)c1C(C)C. The summed E-state index contributed by atoms with van der Waals surface area (Å²) in [5, 5.41) is 5.69. The predicted octanol–water partition coefficient (Wildman–Crippen LogP) is 5.27. The van der Waals surface area contributed by atoms with Crippen LogP contribution in [0.1, 0.15) is 121 Å². The molecule has 0 bridgehead atoms.